The van der Waals surface area contributed by atoms with Crippen LogP contribution in [0.4, 0.5) is 17.1 Å². The van der Waals surface area contributed by atoms with Crippen molar-refractivity contribution in [3.8, 4) is 50.2 Å². The Bertz CT molecular complexity index is 4970. The fraction of sp³-hybridized carbons (Fsp3) is 0.304. The molecule has 0 aliphatic rings. The smallest absolute Gasteiger partial charge is 0.0541 e. The molecular formula is C92H98N2. The Morgan fingerprint density at radius 2 is 0.574 bits per heavy atom. The minimum absolute atomic E-state index is 0.000511. The summed E-state index contributed by atoms with van der Waals surface area (Å²) in [6.07, 6.45) is 0. The summed E-state index contributed by atoms with van der Waals surface area (Å²) in [5.74, 6) is 0. The van der Waals surface area contributed by atoms with Gasteiger partial charge in [-0.3, -0.25) is 0 Å². The van der Waals surface area contributed by atoms with Crippen molar-refractivity contribution in [3.63, 3.8) is 0 Å². The van der Waals surface area contributed by atoms with Crippen LogP contribution in [-0.4, -0.2) is 4.57 Å². The van der Waals surface area contributed by atoms with E-state index in [1.54, 1.807) is 0 Å². The Kier molecular flexibility index (Phi) is 15.3. The van der Waals surface area contributed by atoms with E-state index in [9.17, 15) is 0 Å². The second-order valence-electron chi connectivity index (χ2n) is 34.6. The second kappa shape index (κ2) is 22.5. The molecule has 0 spiro atoms. The minimum Gasteiger partial charge on any atom is -0.310 e. The fourth-order valence-electron chi connectivity index (χ4n) is 14.0. The summed E-state index contributed by atoms with van der Waals surface area (Å²) in [5.41, 5.74) is 25.6. The number of rotatable bonds is 8. The highest BCUT2D eigenvalue weighted by Gasteiger charge is 2.29. The Morgan fingerprint density at radius 3 is 1.02 bits per heavy atom. The molecule has 0 bridgehead atoms. The van der Waals surface area contributed by atoms with Crippen molar-refractivity contribution >= 4 is 71.2 Å². The van der Waals surface area contributed by atoms with Crippen LogP contribution in [-0.2, 0) is 37.9 Å². The second-order valence-corrected chi connectivity index (χ2v) is 34.6. The number of hydrogen-bond acceptors (Lipinski definition) is 1. The van der Waals surface area contributed by atoms with Crippen molar-refractivity contribution in [2.75, 3.05) is 4.90 Å². The summed E-state index contributed by atoms with van der Waals surface area (Å²) in [6, 6.07) is 83.2. The zero-order valence-electron chi connectivity index (χ0n) is 60.1. The van der Waals surface area contributed by atoms with Gasteiger partial charge in [0.25, 0.3) is 0 Å². The Labute approximate surface area is 562 Å². The molecule has 0 aliphatic carbocycles. The van der Waals surface area contributed by atoms with E-state index in [2.05, 4.69) is 367 Å². The molecular weight excluding hydrogens is 1130 g/mol. The standard InChI is InChI=1S/C92H98N2/c1-86(2,3)67-35-41-82-78(55-67)79-56-68(87(4,5)6)36-42-83(79)94(82)81-40-34-61-31-37-76-80(39-33-60-32-38-77(81)85(61)84(60)76)93(75-51-66(49-73(54-75)92(19,20)21)63-43-62(57-25-23-22-24-26-57)44-69(45-63)88(7,8)9)74-50-65(48-72(53-74)91(16,17)18)59-29-27-58(28-30-59)64-46-70(89(10,11)12)52-71(47-64)90(13,14)15/h22-56H,1-21H3. The van der Waals surface area contributed by atoms with E-state index in [1.165, 1.54) is 143 Å². The third kappa shape index (κ3) is 11.9. The third-order valence-corrected chi connectivity index (χ3v) is 20.1. The van der Waals surface area contributed by atoms with Gasteiger partial charge in [0.05, 0.1) is 22.4 Å². The molecule has 0 saturated heterocycles. The largest absolute Gasteiger partial charge is 0.310 e. The molecule has 0 unspecified atom stereocenters. The molecule has 1 heterocycles. The maximum absolute atomic E-state index is 2.61. The molecule has 0 aliphatic heterocycles. The molecule has 0 atom stereocenters. The average molecular weight is 1230 g/mol. The van der Waals surface area contributed by atoms with Crippen LogP contribution in [0.1, 0.15) is 184 Å². The van der Waals surface area contributed by atoms with Gasteiger partial charge in [0.1, 0.15) is 0 Å². The zero-order chi connectivity index (χ0) is 67.1. The van der Waals surface area contributed by atoms with Gasteiger partial charge in [-0.05, 0) is 210 Å². The Hall–Kier alpha value is -8.72. The van der Waals surface area contributed by atoms with E-state index in [0.717, 1.165) is 17.1 Å². The van der Waals surface area contributed by atoms with E-state index in [-0.39, 0.29) is 37.9 Å². The maximum atomic E-state index is 2.61. The quantitative estimate of drug-likeness (QED) is 0.138. The lowest BCUT2D eigenvalue weighted by atomic mass is 9.79. The summed E-state index contributed by atoms with van der Waals surface area (Å²) in [5, 5.41) is 10.1. The van der Waals surface area contributed by atoms with Crippen LogP contribution in [0.15, 0.2) is 212 Å². The summed E-state index contributed by atoms with van der Waals surface area (Å²) >= 11 is 0. The molecule has 0 saturated carbocycles. The lowest BCUT2D eigenvalue weighted by molar-refractivity contribution is 0.569. The van der Waals surface area contributed by atoms with E-state index in [1.807, 2.05) is 0 Å². The van der Waals surface area contributed by atoms with Gasteiger partial charge >= 0.3 is 0 Å². The van der Waals surface area contributed by atoms with Crippen LogP contribution in [0, 0.1) is 0 Å². The number of benzene rings is 12. The van der Waals surface area contributed by atoms with Gasteiger partial charge in [-0.2, -0.15) is 0 Å². The van der Waals surface area contributed by atoms with Gasteiger partial charge in [-0.1, -0.05) is 291 Å². The third-order valence-electron chi connectivity index (χ3n) is 20.1. The highest BCUT2D eigenvalue weighted by Crippen LogP contribution is 2.50. The van der Waals surface area contributed by atoms with Crippen molar-refractivity contribution in [2.45, 2.75) is 183 Å². The fourth-order valence-corrected chi connectivity index (χ4v) is 14.0. The molecule has 476 valence electrons. The van der Waals surface area contributed by atoms with Crippen LogP contribution in [0.2, 0.25) is 0 Å². The highest BCUT2D eigenvalue weighted by atomic mass is 15.1. The van der Waals surface area contributed by atoms with Crippen molar-refractivity contribution in [3.05, 3.63) is 251 Å². The molecule has 0 fully saturated rings. The lowest BCUT2D eigenvalue weighted by Gasteiger charge is -2.32. The first-order valence-corrected chi connectivity index (χ1v) is 34.4. The molecule has 94 heavy (non-hydrogen) atoms. The lowest BCUT2D eigenvalue weighted by Crippen LogP contribution is -2.17. The topological polar surface area (TPSA) is 8.17 Å². The van der Waals surface area contributed by atoms with Crippen molar-refractivity contribution in [1.29, 1.82) is 0 Å². The summed E-state index contributed by atoms with van der Waals surface area (Å²) in [7, 11) is 0. The van der Waals surface area contributed by atoms with E-state index in [0.29, 0.717) is 0 Å². The molecule has 13 aromatic rings. The van der Waals surface area contributed by atoms with Crippen LogP contribution >= 0.6 is 0 Å². The molecule has 2 nitrogen and oxygen atoms in total. The van der Waals surface area contributed by atoms with E-state index >= 15 is 0 Å². The molecule has 13 rings (SSSR count). The van der Waals surface area contributed by atoms with Gasteiger partial charge in [0.2, 0.25) is 0 Å². The van der Waals surface area contributed by atoms with Crippen molar-refractivity contribution in [1.82, 2.24) is 4.57 Å². The molecule has 0 amide bonds. The molecule has 0 radical (unpaired) electrons. The predicted octanol–water partition coefficient (Wildman–Crippen LogP) is 26.9. The number of aromatic nitrogens is 1. The Morgan fingerprint density at radius 1 is 0.234 bits per heavy atom. The van der Waals surface area contributed by atoms with Crippen molar-refractivity contribution < 1.29 is 0 Å². The van der Waals surface area contributed by atoms with Gasteiger partial charge in [0.15, 0.2) is 0 Å². The SMILES string of the molecule is CC(C)(C)c1cc(-c2ccccc2)cc(-c2cc(N(c3cc(-c4ccc(-c5cc(C(C)(C)C)cc(C(C)(C)C)c5)cc4)cc(C(C)(C)C)c3)c3ccc4ccc5c(-n6c7ccc(C(C)(C)C)cc7c7cc(C(C)(C)C)ccc76)ccc6ccc3c4c65)cc(C(C)(C)C)c2)c1. The minimum atomic E-state index is -0.185. The number of hydrogen-bond donors (Lipinski definition) is 0. The maximum Gasteiger partial charge on any atom is 0.0541 e. The molecule has 0 N–H and O–H groups in total. The normalized spacial score (nSPS) is 13.2. The van der Waals surface area contributed by atoms with Gasteiger partial charge in [-0.15, -0.1) is 0 Å². The number of anilines is 3. The number of nitrogens with zero attached hydrogens (tertiary/aromatic N) is 2. The van der Waals surface area contributed by atoms with Crippen molar-refractivity contribution in [2.24, 2.45) is 0 Å². The molecule has 12 aromatic carbocycles. The first kappa shape index (κ1) is 64.0. The first-order valence-electron chi connectivity index (χ1n) is 34.4. The zero-order valence-corrected chi connectivity index (χ0v) is 60.1. The average Bonchev–Trinajstić information content (AvgIpc) is 1.25. The summed E-state index contributed by atoms with van der Waals surface area (Å²) < 4.78 is 2.55. The predicted molar refractivity (Wildman–Crippen MR) is 412 cm³/mol. The van der Waals surface area contributed by atoms with Crippen LogP contribution in [0.25, 0.3) is 104 Å². The van der Waals surface area contributed by atoms with E-state index < -0.39 is 0 Å². The highest BCUT2D eigenvalue weighted by molar-refractivity contribution is 6.27. The van der Waals surface area contributed by atoms with Gasteiger partial charge in [-0.25, -0.2) is 0 Å². The van der Waals surface area contributed by atoms with Crippen LogP contribution < -0.4 is 4.90 Å². The summed E-state index contributed by atoms with van der Waals surface area (Å²) in [6.45, 7) is 49.1. The number of fused-ring (bicyclic) bond motifs is 3. The van der Waals surface area contributed by atoms with Crippen LogP contribution in [0.3, 0.4) is 0 Å². The Balaban J connectivity index is 1.08. The van der Waals surface area contributed by atoms with E-state index in [4.69, 9.17) is 0 Å². The van der Waals surface area contributed by atoms with Crippen LogP contribution in [0.5, 0.6) is 0 Å². The monoisotopic (exact) mass is 1230 g/mol. The summed E-state index contributed by atoms with van der Waals surface area (Å²) in [4.78, 5) is 2.61. The molecule has 1 aromatic heterocycles. The molecule has 2 heteroatoms. The van der Waals surface area contributed by atoms with Gasteiger partial charge in [0, 0.05) is 32.9 Å². The van der Waals surface area contributed by atoms with Gasteiger partial charge < -0.3 is 9.47 Å². The first-order chi connectivity index (χ1) is 44.0.